The maximum atomic E-state index is 13.3. The second kappa shape index (κ2) is 8.76. The van der Waals surface area contributed by atoms with Crippen molar-refractivity contribution in [2.75, 3.05) is 6.54 Å². The quantitative estimate of drug-likeness (QED) is 0.717. The lowest BCUT2D eigenvalue weighted by Crippen LogP contribution is -2.44. The molecule has 0 radical (unpaired) electrons. The van der Waals surface area contributed by atoms with Crippen LogP contribution in [0.1, 0.15) is 55.7 Å². The Hall–Kier alpha value is -2.40. The molecule has 6 heteroatoms. The molecule has 158 valence electrons. The van der Waals surface area contributed by atoms with Crippen LogP contribution in [0.4, 0.5) is 4.39 Å². The summed E-state index contributed by atoms with van der Waals surface area (Å²) in [5, 5.41) is 3.82. The largest absolute Gasteiger partial charge is 0.350 e. The third-order valence-electron chi connectivity index (χ3n) is 6.34. The highest BCUT2D eigenvalue weighted by molar-refractivity contribution is 6.30. The lowest BCUT2D eigenvalue weighted by Gasteiger charge is -2.31. The van der Waals surface area contributed by atoms with E-state index >= 15 is 0 Å². The molecule has 2 atom stereocenters. The minimum absolute atomic E-state index is 0.00323. The molecular formula is C24H26ClFN2O2. The van der Waals surface area contributed by atoms with E-state index in [-0.39, 0.29) is 23.7 Å². The van der Waals surface area contributed by atoms with Gasteiger partial charge in [-0.25, -0.2) is 4.39 Å². The molecule has 2 aliphatic rings. The summed E-state index contributed by atoms with van der Waals surface area (Å²) >= 11 is 5.99. The van der Waals surface area contributed by atoms with Crippen LogP contribution < -0.4 is 5.32 Å². The maximum Gasteiger partial charge on any atom is 0.223 e. The van der Waals surface area contributed by atoms with Crippen molar-refractivity contribution >= 4 is 23.4 Å². The monoisotopic (exact) mass is 428 g/mol. The zero-order valence-corrected chi connectivity index (χ0v) is 17.6. The summed E-state index contributed by atoms with van der Waals surface area (Å²) in [4.78, 5) is 27.0. The molecule has 30 heavy (non-hydrogen) atoms. The molecule has 0 bridgehead atoms. The first-order valence-electron chi connectivity index (χ1n) is 10.5. The van der Waals surface area contributed by atoms with Crippen molar-refractivity contribution in [3.8, 4) is 0 Å². The van der Waals surface area contributed by atoms with Gasteiger partial charge >= 0.3 is 0 Å². The van der Waals surface area contributed by atoms with Crippen LogP contribution >= 0.6 is 11.6 Å². The topological polar surface area (TPSA) is 49.4 Å². The van der Waals surface area contributed by atoms with E-state index in [9.17, 15) is 14.0 Å². The molecule has 4 rings (SSSR count). The van der Waals surface area contributed by atoms with Crippen molar-refractivity contribution in [1.29, 1.82) is 0 Å². The maximum absolute atomic E-state index is 13.3. The number of carbonyl (C=O) groups is 2. The molecular weight excluding hydrogens is 403 g/mol. The van der Waals surface area contributed by atoms with Crippen LogP contribution in [0.15, 0.2) is 48.5 Å². The Bertz CT molecular complexity index is 916. The average molecular weight is 429 g/mol. The Kier molecular flexibility index (Phi) is 6.09. The van der Waals surface area contributed by atoms with Gasteiger partial charge in [0.25, 0.3) is 0 Å². The first-order valence-corrected chi connectivity index (χ1v) is 10.9. The Morgan fingerprint density at radius 3 is 2.57 bits per heavy atom. The fraction of sp³-hybridized carbons (Fsp3) is 0.417. The van der Waals surface area contributed by atoms with Gasteiger partial charge in [-0.05, 0) is 67.5 Å². The number of nitrogens with zero attached hydrogens (tertiary/aromatic N) is 1. The molecule has 0 spiro atoms. The predicted octanol–water partition coefficient (Wildman–Crippen LogP) is 4.81. The number of carbonyl (C=O) groups excluding carboxylic acids is 2. The molecule has 0 aliphatic carbocycles. The van der Waals surface area contributed by atoms with Gasteiger partial charge in [0.05, 0.1) is 6.04 Å². The van der Waals surface area contributed by atoms with Gasteiger partial charge < -0.3 is 10.2 Å². The van der Waals surface area contributed by atoms with Gasteiger partial charge in [0, 0.05) is 29.9 Å². The normalized spacial score (nSPS) is 23.6. The van der Waals surface area contributed by atoms with E-state index in [0.29, 0.717) is 30.7 Å². The standard InChI is InChI=1S/C24H26ClFN2O2/c25-19-7-3-17(4-8-19)16-24(13-11-22(29)27-24)14-12-23(30)28-15-1-2-21(28)18-5-9-20(26)10-6-18/h3-10,21H,1-2,11-16H2,(H,27,29)/t21-,24+/m0/s1. The Morgan fingerprint density at radius 2 is 1.90 bits per heavy atom. The Balaban J connectivity index is 1.44. The molecule has 2 aliphatic heterocycles. The summed E-state index contributed by atoms with van der Waals surface area (Å²) in [6.07, 6.45) is 4.72. The lowest BCUT2D eigenvalue weighted by atomic mass is 9.85. The number of hydrogen-bond donors (Lipinski definition) is 1. The molecule has 0 unspecified atom stereocenters. The van der Waals surface area contributed by atoms with Crippen molar-refractivity contribution in [2.24, 2.45) is 0 Å². The van der Waals surface area contributed by atoms with Crippen molar-refractivity contribution in [1.82, 2.24) is 10.2 Å². The third-order valence-corrected chi connectivity index (χ3v) is 6.59. The Labute approximate surface area is 181 Å². The molecule has 2 aromatic rings. The fourth-order valence-corrected chi connectivity index (χ4v) is 4.89. The summed E-state index contributed by atoms with van der Waals surface area (Å²) in [7, 11) is 0. The summed E-state index contributed by atoms with van der Waals surface area (Å²) in [6.45, 7) is 0.720. The molecule has 4 nitrogen and oxygen atoms in total. The number of hydrogen-bond acceptors (Lipinski definition) is 2. The fourth-order valence-electron chi connectivity index (χ4n) is 4.76. The number of halogens is 2. The van der Waals surface area contributed by atoms with E-state index in [1.165, 1.54) is 12.1 Å². The molecule has 2 heterocycles. The van der Waals surface area contributed by atoms with E-state index in [1.54, 1.807) is 12.1 Å². The van der Waals surface area contributed by atoms with Crippen LogP contribution in [0.2, 0.25) is 5.02 Å². The zero-order valence-electron chi connectivity index (χ0n) is 16.9. The van der Waals surface area contributed by atoms with Crippen LogP contribution in [0.3, 0.4) is 0 Å². The van der Waals surface area contributed by atoms with Gasteiger partial charge in [-0.3, -0.25) is 9.59 Å². The number of likely N-dealkylation sites (tertiary alicyclic amines) is 1. The summed E-state index contributed by atoms with van der Waals surface area (Å²) in [5.74, 6) is -0.129. The summed E-state index contributed by atoms with van der Waals surface area (Å²) in [6, 6.07) is 14.1. The molecule has 2 aromatic carbocycles. The summed E-state index contributed by atoms with van der Waals surface area (Å²) < 4.78 is 13.3. The first kappa shape index (κ1) is 20.9. The zero-order chi connectivity index (χ0) is 21.1. The average Bonchev–Trinajstić information content (AvgIpc) is 3.36. The van der Waals surface area contributed by atoms with Gasteiger partial charge in [-0.2, -0.15) is 0 Å². The van der Waals surface area contributed by atoms with Crippen molar-refractivity contribution < 1.29 is 14.0 Å². The number of benzene rings is 2. The molecule has 2 saturated heterocycles. The SMILES string of the molecule is O=C1CC[C@@](CCC(=O)N2CCC[C@H]2c2ccc(F)cc2)(Cc2ccc(Cl)cc2)N1. The van der Waals surface area contributed by atoms with Gasteiger partial charge in [0.15, 0.2) is 0 Å². The Morgan fingerprint density at radius 1 is 1.17 bits per heavy atom. The van der Waals surface area contributed by atoms with E-state index in [0.717, 1.165) is 36.9 Å². The molecule has 0 aromatic heterocycles. The van der Waals surface area contributed by atoms with Crippen molar-refractivity contribution in [2.45, 2.75) is 56.5 Å². The van der Waals surface area contributed by atoms with Crippen LogP contribution in [0.5, 0.6) is 0 Å². The van der Waals surface area contributed by atoms with Crippen LogP contribution in [-0.2, 0) is 16.0 Å². The van der Waals surface area contributed by atoms with E-state index in [1.807, 2.05) is 29.2 Å². The molecule has 0 saturated carbocycles. The second-order valence-electron chi connectivity index (χ2n) is 8.43. The lowest BCUT2D eigenvalue weighted by molar-refractivity contribution is -0.132. The van der Waals surface area contributed by atoms with Crippen molar-refractivity contribution in [3.05, 3.63) is 70.5 Å². The highest BCUT2D eigenvalue weighted by Gasteiger charge is 2.39. The number of amides is 2. The van der Waals surface area contributed by atoms with Crippen LogP contribution in [0.25, 0.3) is 0 Å². The summed E-state index contributed by atoms with van der Waals surface area (Å²) in [5.41, 5.74) is 1.68. The first-order chi connectivity index (χ1) is 14.4. The van der Waals surface area contributed by atoms with Gasteiger partial charge in [0.1, 0.15) is 5.82 Å². The smallest absolute Gasteiger partial charge is 0.223 e. The predicted molar refractivity (Wildman–Crippen MR) is 115 cm³/mol. The minimum atomic E-state index is -0.397. The van der Waals surface area contributed by atoms with Gasteiger partial charge in [-0.1, -0.05) is 35.9 Å². The van der Waals surface area contributed by atoms with Crippen LogP contribution in [0, 0.1) is 5.82 Å². The highest BCUT2D eigenvalue weighted by Crippen LogP contribution is 2.35. The number of rotatable bonds is 6. The second-order valence-corrected chi connectivity index (χ2v) is 8.86. The minimum Gasteiger partial charge on any atom is -0.350 e. The van der Waals surface area contributed by atoms with E-state index in [4.69, 9.17) is 11.6 Å². The number of nitrogens with one attached hydrogen (secondary N) is 1. The van der Waals surface area contributed by atoms with E-state index < -0.39 is 5.54 Å². The highest BCUT2D eigenvalue weighted by atomic mass is 35.5. The molecule has 1 N–H and O–H groups in total. The molecule has 2 fully saturated rings. The van der Waals surface area contributed by atoms with Crippen LogP contribution in [-0.4, -0.2) is 28.8 Å². The van der Waals surface area contributed by atoms with Crippen molar-refractivity contribution in [3.63, 3.8) is 0 Å². The third kappa shape index (κ3) is 4.67. The van der Waals surface area contributed by atoms with E-state index in [2.05, 4.69) is 5.32 Å². The van der Waals surface area contributed by atoms with Gasteiger partial charge in [0.2, 0.25) is 11.8 Å². The molecule has 2 amide bonds. The van der Waals surface area contributed by atoms with Gasteiger partial charge in [-0.15, -0.1) is 0 Å².